The van der Waals surface area contributed by atoms with Crippen molar-refractivity contribution in [2.45, 2.75) is 26.3 Å². The molecule has 110 valence electrons. The third kappa shape index (κ3) is 3.73. The van der Waals surface area contributed by atoms with E-state index in [0.717, 1.165) is 17.7 Å². The highest BCUT2D eigenvalue weighted by atomic mass is 35.5. The highest BCUT2D eigenvalue weighted by molar-refractivity contribution is 6.30. The van der Waals surface area contributed by atoms with Crippen LogP contribution in [0.2, 0.25) is 5.02 Å². The topological polar surface area (TPSA) is 55.2 Å². The van der Waals surface area contributed by atoms with Crippen molar-refractivity contribution in [3.8, 4) is 0 Å². The number of nitro groups is 1. The molecule has 0 amide bonds. The summed E-state index contributed by atoms with van der Waals surface area (Å²) in [6, 6.07) is 12.9. The molecule has 1 unspecified atom stereocenters. The molecule has 4 nitrogen and oxygen atoms in total. The van der Waals surface area contributed by atoms with Crippen molar-refractivity contribution in [1.82, 2.24) is 0 Å². The second-order valence-corrected chi connectivity index (χ2v) is 5.35. The van der Waals surface area contributed by atoms with Crippen LogP contribution in [-0.2, 0) is 0 Å². The Labute approximate surface area is 128 Å². The third-order valence-electron chi connectivity index (χ3n) is 3.42. The molecule has 2 rings (SSSR count). The number of rotatable bonds is 5. The van der Waals surface area contributed by atoms with Crippen LogP contribution >= 0.6 is 11.6 Å². The lowest BCUT2D eigenvalue weighted by Crippen LogP contribution is -2.09. The molecule has 1 atom stereocenters. The van der Waals surface area contributed by atoms with E-state index in [1.54, 1.807) is 19.1 Å². The first-order valence-corrected chi connectivity index (χ1v) is 7.16. The molecule has 0 radical (unpaired) electrons. The molecular weight excluding hydrogens is 288 g/mol. The van der Waals surface area contributed by atoms with Gasteiger partial charge in [-0.05, 0) is 43.2 Å². The Hall–Kier alpha value is -2.07. The number of nitro benzene ring substituents is 1. The number of hydrogen-bond acceptors (Lipinski definition) is 3. The number of halogens is 1. The standard InChI is InChI=1S/C16H17ClN2O2/c1-3-15(12-4-6-13(17)7-5-12)18-14-8-9-16(19(20)21)11(2)10-14/h4-10,15,18H,3H2,1-2H3. The number of benzene rings is 2. The van der Waals surface area contributed by atoms with E-state index in [1.807, 2.05) is 24.3 Å². The highest BCUT2D eigenvalue weighted by Crippen LogP contribution is 2.27. The summed E-state index contributed by atoms with van der Waals surface area (Å²) in [5.74, 6) is 0. The number of nitrogens with zero attached hydrogens (tertiary/aromatic N) is 1. The molecule has 0 saturated carbocycles. The maximum atomic E-state index is 10.8. The molecule has 1 N–H and O–H groups in total. The number of hydrogen-bond donors (Lipinski definition) is 1. The van der Waals surface area contributed by atoms with Gasteiger partial charge in [-0.3, -0.25) is 10.1 Å². The largest absolute Gasteiger partial charge is 0.378 e. The van der Waals surface area contributed by atoms with E-state index in [-0.39, 0.29) is 16.7 Å². The van der Waals surface area contributed by atoms with Crippen molar-refractivity contribution in [2.24, 2.45) is 0 Å². The molecule has 0 saturated heterocycles. The van der Waals surface area contributed by atoms with E-state index in [2.05, 4.69) is 12.2 Å². The van der Waals surface area contributed by atoms with Crippen LogP contribution in [0.3, 0.4) is 0 Å². The number of aryl methyl sites for hydroxylation is 1. The van der Waals surface area contributed by atoms with Gasteiger partial charge in [0.1, 0.15) is 0 Å². The van der Waals surface area contributed by atoms with Crippen LogP contribution < -0.4 is 5.32 Å². The highest BCUT2D eigenvalue weighted by Gasteiger charge is 2.13. The van der Waals surface area contributed by atoms with Crippen molar-refractivity contribution >= 4 is 23.0 Å². The Morgan fingerprint density at radius 1 is 1.24 bits per heavy atom. The smallest absolute Gasteiger partial charge is 0.272 e. The maximum absolute atomic E-state index is 10.8. The number of anilines is 1. The first-order chi connectivity index (χ1) is 10.0. The molecule has 0 aliphatic heterocycles. The van der Waals surface area contributed by atoms with Gasteiger partial charge in [-0.1, -0.05) is 30.7 Å². The number of nitrogens with one attached hydrogen (secondary N) is 1. The normalized spacial score (nSPS) is 12.0. The zero-order chi connectivity index (χ0) is 15.4. The van der Waals surface area contributed by atoms with Crippen LogP contribution in [-0.4, -0.2) is 4.92 Å². The molecule has 0 aliphatic carbocycles. The van der Waals surface area contributed by atoms with E-state index in [4.69, 9.17) is 11.6 Å². The molecule has 0 fully saturated rings. The molecule has 0 aliphatic rings. The second-order valence-electron chi connectivity index (χ2n) is 4.92. The van der Waals surface area contributed by atoms with Gasteiger partial charge in [0, 0.05) is 22.3 Å². The van der Waals surface area contributed by atoms with Crippen molar-refractivity contribution in [3.63, 3.8) is 0 Å². The van der Waals surface area contributed by atoms with Crippen molar-refractivity contribution in [2.75, 3.05) is 5.32 Å². The monoisotopic (exact) mass is 304 g/mol. The third-order valence-corrected chi connectivity index (χ3v) is 3.67. The lowest BCUT2D eigenvalue weighted by molar-refractivity contribution is -0.385. The van der Waals surface area contributed by atoms with Gasteiger partial charge >= 0.3 is 0 Å². The Morgan fingerprint density at radius 3 is 2.43 bits per heavy atom. The second kappa shape index (κ2) is 6.59. The van der Waals surface area contributed by atoms with Gasteiger partial charge in [0.15, 0.2) is 0 Å². The fourth-order valence-corrected chi connectivity index (χ4v) is 2.39. The molecule has 0 spiro atoms. The van der Waals surface area contributed by atoms with E-state index in [1.165, 1.54) is 6.07 Å². The molecule has 0 heterocycles. The summed E-state index contributed by atoms with van der Waals surface area (Å²) in [7, 11) is 0. The van der Waals surface area contributed by atoms with Gasteiger partial charge in [0.25, 0.3) is 5.69 Å². The summed E-state index contributed by atoms with van der Waals surface area (Å²) in [4.78, 5) is 10.5. The molecule has 0 bridgehead atoms. The summed E-state index contributed by atoms with van der Waals surface area (Å²) in [6.45, 7) is 3.83. The first kappa shape index (κ1) is 15.3. The van der Waals surface area contributed by atoms with Crippen LogP contribution in [0.1, 0.15) is 30.5 Å². The van der Waals surface area contributed by atoms with Crippen molar-refractivity contribution < 1.29 is 4.92 Å². The average molecular weight is 305 g/mol. The van der Waals surface area contributed by atoms with E-state index in [9.17, 15) is 10.1 Å². The Balaban J connectivity index is 2.20. The van der Waals surface area contributed by atoms with Gasteiger partial charge in [-0.2, -0.15) is 0 Å². The van der Waals surface area contributed by atoms with Crippen LogP contribution in [0.4, 0.5) is 11.4 Å². The summed E-state index contributed by atoms with van der Waals surface area (Å²) in [5, 5.41) is 15.0. The lowest BCUT2D eigenvalue weighted by Gasteiger charge is -2.19. The minimum absolute atomic E-state index is 0.139. The maximum Gasteiger partial charge on any atom is 0.272 e. The fourth-order valence-electron chi connectivity index (χ4n) is 2.27. The minimum Gasteiger partial charge on any atom is -0.378 e. The predicted octanol–water partition coefficient (Wildman–Crippen LogP) is 5.12. The molecule has 5 heteroatoms. The Kier molecular flexibility index (Phi) is 4.81. The van der Waals surface area contributed by atoms with Gasteiger partial charge in [-0.15, -0.1) is 0 Å². The molecule has 2 aromatic carbocycles. The van der Waals surface area contributed by atoms with Gasteiger partial charge in [0.05, 0.1) is 11.0 Å². The summed E-state index contributed by atoms with van der Waals surface area (Å²) < 4.78 is 0. The average Bonchev–Trinajstić information content (AvgIpc) is 2.45. The predicted molar refractivity (Wildman–Crippen MR) is 85.9 cm³/mol. The van der Waals surface area contributed by atoms with Crippen LogP contribution in [0.15, 0.2) is 42.5 Å². The first-order valence-electron chi connectivity index (χ1n) is 6.78. The van der Waals surface area contributed by atoms with Gasteiger partial charge < -0.3 is 5.32 Å². The Morgan fingerprint density at radius 2 is 1.90 bits per heavy atom. The van der Waals surface area contributed by atoms with E-state index >= 15 is 0 Å². The van der Waals surface area contributed by atoms with Gasteiger partial charge in [0.2, 0.25) is 0 Å². The van der Waals surface area contributed by atoms with E-state index < -0.39 is 0 Å². The molecule has 0 aromatic heterocycles. The van der Waals surface area contributed by atoms with Crippen LogP contribution in [0.25, 0.3) is 0 Å². The van der Waals surface area contributed by atoms with Gasteiger partial charge in [-0.25, -0.2) is 0 Å². The SMILES string of the molecule is CCC(Nc1ccc([N+](=O)[O-])c(C)c1)c1ccc(Cl)cc1. The summed E-state index contributed by atoms with van der Waals surface area (Å²) in [6.07, 6.45) is 0.900. The molecule has 2 aromatic rings. The quantitative estimate of drug-likeness (QED) is 0.616. The zero-order valence-corrected chi connectivity index (χ0v) is 12.7. The molecule has 21 heavy (non-hydrogen) atoms. The van der Waals surface area contributed by atoms with Crippen molar-refractivity contribution in [1.29, 1.82) is 0 Å². The van der Waals surface area contributed by atoms with Crippen LogP contribution in [0, 0.1) is 17.0 Å². The molecular formula is C16H17ClN2O2. The lowest BCUT2D eigenvalue weighted by atomic mass is 10.0. The minimum atomic E-state index is -0.365. The van der Waals surface area contributed by atoms with Crippen molar-refractivity contribution in [3.05, 3.63) is 68.7 Å². The summed E-state index contributed by atoms with van der Waals surface area (Å²) in [5.41, 5.74) is 2.80. The van der Waals surface area contributed by atoms with Crippen LogP contribution in [0.5, 0.6) is 0 Å². The fraction of sp³-hybridized carbons (Fsp3) is 0.250. The zero-order valence-electron chi connectivity index (χ0n) is 12.0. The Bertz CT molecular complexity index is 641. The van der Waals surface area contributed by atoms with E-state index in [0.29, 0.717) is 10.6 Å². The summed E-state index contributed by atoms with van der Waals surface area (Å²) >= 11 is 5.90.